The van der Waals surface area contributed by atoms with Crippen molar-refractivity contribution >= 4 is 23.0 Å². The monoisotopic (exact) mass is 311 g/mol. The maximum Gasteiger partial charge on any atom is 0.266 e. The van der Waals surface area contributed by atoms with Gasteiger partial charge in [-0.1, -0.05) is 18.2 Å². The first-order chi connectivity index (χ1) is 11.2. The van der Waals surface area contributed by atoms with Gasteiger partial charge in [-0.15, -0.1) is 0 Å². The number of fused-ring (bicyclic) bond motifs is 1. The first kappa shape index (κ1) is 14.9. The van der Waals surface area contributed by atoms with Crippen molar-refractivity contribution in [1.29, 1.82) is 0 Å². The second kappa shape index (κ2) is 6.00. The van der Waals surface area contributed by atoms with Crippen LogP contribution in [0.25, 0.3) is 16.6 Å². The number of nitrogens with one attached hydrogen (secondary N) is 1. The quantitative estimate of drug-likeness (QED) is 0.754. The first-order valence-electron chi connectivity index (χ1n) is 7.03. The third-order valence-electron chi connectivity index (χ3n) is 3.64. The second-order valence-corrected chi connectivity index (χ2v) is 5.08. The van der Waals surface area contributed by atoms with E-state index in [2.05, 4.69) is 10.3 Å². The first-order valence-corrected chi connectivity index (χ1v) is 7.03. The van der Waals surface area contributed by atoms with Crippen LogP contribution in [0.5, 0.6) is 0 Å². The Morgan fingerprint density at radius 2 is 2.04 bits per heavy atom. The summed E-state index contributed by atoms with van der Waals surface area (Å²) in [5.41, 5.74) is 1.94. The highest BCUT2D eigenvalue weighted by atomic mass is 19.1. The predicted molar refractivity (Wildman–Crippen MR) is 86.6 cm³/mol. The molecule has 0 fully saturated rings. The summed E-state index contributed by atoms with van der Waals surface area (Å²) < 4.78 is 14.7. The Morgan fingerprint density at radius 3 is 2.74 bits per heavy atom. The molecule has 6 heteroatoms. The molecule has 1 amide bonds. The van der Waals surface area contributed by atoms with Crippen LogP contribution in [0.3, 0.4) is 0 Å². The molecule has 1 heterocycles. The molecule has 3 aromatic rings. The SMILES string of the molecule is Cc1ccccc1-n1c(CF)nc2ccc(NC=O)cc2c1=O. The standard InChI is InChI=1S/C17H14FN3O2/c1-11-4-2-3-5-15(11)21-16(9-18)20-14-7-6-12(19-10-22)8-13(14)17(21)23/h2-8,10H,9H2,1H3,(H,19,22). The zero-order valence-corrected chi connectivity index (χ0v) is 12.4. The zero-order valence-electron chi connectivity index (χ0n) is 12.4. The number of hydrogen-bond donors (Lipinski definition) is 1. The van der Waals surface area contributed by atoms with Crippen molar-refractivity contribution in [2.24, 2.45) is 0 Å². The summed E-state index contributed by atoms with van der Waals surface area (Å²) in [6.45, 7) is 0.992. The van der Waals surface area contributed by atoms with E-state index < -0.39 is 6.67 Å². The van der Waals surface area contributed by atoms with E-state index in [-0.39, 0.29) is 11.4 Å². The molecule has 0 radical (unpaired) electrons. The number of aryl methyl sites for hydroxylation is 1. The molecule has 0 aliphatic rings. The van der Waals surface area contributed by atoms with Gasteiger partial charge in [0.25, 0.3) is 5.56 Å². The Hall–Kier alpha value is -3.02. The summed E-state index contributed by atoms with van der Waals surface area (Å²) in [6.07, 6.45) is 0.532. The lowest BCUT2D eigenvalue weighted by molar-refractivity contribution is -0.105. The van der Waals surface area contributed by atoms with E-state index in [4.69, 9.17) is 0 Å². The highest BCUT2D eigenvalue weighted by molar-refractivity contribution is 5.85. The molecule has 116 valence electrons. The number of para-hydroxylation sites is 1. The van der Waals surface area contributed by atoms with E-state index in [1.54, 1.807) is 24.3 Å². The van der Waals surface area contributed by atoms with Crippen LogP contribution >= 0.6 is 0 Å². The van der Waals surface area contributed by atoms with Crippen LogP contribution < -0.4 is 10.9 Å². The number of alkyl halides is 1. The molecule has 1 N–H and O–H groups in total. The molecule has 3 rings (SSSR count). The highest BCUT2D eigenvalue weighted by Crippen LogP contribution is 2.19. The van der Waals surface area contributed by atoms with E-state index in [1.165, 1.54) is 10.6 Å². The lowest BCUT2D eigenvalue weighted by Gasteiger charge is -2.14. The second-order valence-electron chi connectivity index (χ2n) is 5.08. The number of benzene rings is 2. The fourth-order valence-electron chi connectivity index (χ4n) is 2.54. The lowest BCUT2D eigenvalue weighted by Crippen LogP contribution is -2.24. The minimum atomic E-state index is -0.853. The number of aromatic nitrogens is 2. The number of amides is 1. The number of carbonyl (C=O) groups is 1. The zero-order chi connectivity index (χ0) is 16.4. The fraction of sp³-hybridized carbons (Fsp3) is 0.118. The van der Waals surface area contributed by atoms with Gasteiger partial charge in [0, 0.05) is 5.69 Å². The van der Waals surface area contributed by atoms with Crippen molar-refractivity contribution in [2.75, 3.05) is 5.32 Å². The molecule has 0 bridgehead atoms. The number of carbonyl (C=O) groups excluding carboxylic acids is 1. The molecule has 1 aromatic heterocycles. The molecule has 0 aliphatic carbocycles. The van der Waals surface area contributed by atoms with E-state index in [0.717, 1.165) is 5.56 Å². The van der Waals surface area contributed by atoms with E-state index in [1.807, 2.05) is 19.1 Å². The number of hydrogen-bond acceptors (Lipinski definition) is 3. The van der Waals surface area contributed by atoms with Gasteiger partial charge in [-0.3, -0.25) is 14.2 Å². The van der Waals surface area contributed by atoms with Gasteiger partial charge in [-0.05, 0) is 36.8 Å². The molecule has 0 spiro atoms. The summed E-state index contributed by atoms with van der Waals surface area (Å²) >= 11 is 0. The van der Waals surface area contributed by atoms with Crippen molar-refractivity contribution in [3.05, 3.63) is 64.2 Å². The van der Waals surface area contributed by atoms with Crippen LogP contribution in [0, 0.1) is 6.92 Å². The van der Waals surface area contributed by atoms with Crippen molar-refractivity contribution in [3.63, 3.8) is 0 Å². The highest BCUT2D eigenvalue weighted by Gasteiger charge is 2.14. The number of halogens is 1. The Kier molecular flexibility index (Phi) is 3.89. The van der Waals surface area contributed by atoms with Crippen molar-refractivity contribution in [3.8, 4) is 5.69 Å². The van der Waals surface area contributed by atoms with Crippen molar-refractivity contribution in [2.45, 2.75) is 13.6 Å². The van der Waals surface area contributed by atoms with E-state index >= 15 is 0 Å². The molecule has 0 saturated heterocycles. The minimum Gasteiger partial charge on any atom is -0.329 e. The van der Waals surface area contributed by atoms with E-state index in [0.29, 0.717) is 28.7 Å². The van der Waals surface area contributed by atoms with Gasteiger partial charge < -0.3 is 5.32 Å². The Labute approximate surface area is 131 Å². The van der Waals surface area contributed by atoms with Gasteiger partial charge in [-0.2, -0.15) is 0 Å². The Balaban J connectivity index is 2.36. The van der Waals surface area contributed by atoms with Crippen molar-refractivity contribution < 1.29 is 9.18 Å². The van der Waals surface area contributed by atoms with Gasteiger partial charge in [-0.25, -0.2) is 9.37 Å². The maximum atomic E-state index is 13.4. The van der Waals surface area contributed by atoms with Crippen LogP contribution in [0.4, 0.5) is 10.1 Å². The molecule has 5 nitrogen and oxygen atoms in total. The fourth-order valence-corrected chi connectivity index (χ4v) is 2.54. The molecule has 23 heavy (non-hydrogen) atoms. The van der Waals surface area contributed by atoms with Crippen LogP contribution in [0.1, 0.15) is 11.4 Å². The summed E-state index contributed by atoms with van der Waals surface area (Å²) in [5, 5.41) is 2.81. The predicted octanol–water partition coefficient (Wildman–Crippen LogP) is 2.73. The van der Waals surface area contributed by atoms with Gasteiger partial charge in [0.05, 0.1) is 16.6 Å². The molecular weight excluding hydrogens is 297 g/mol. The van der Waals surface area contributed by atoms with E-state index in [9.17, 15) is 14.0 Å². The topological polar surface area (TPSA) is 64.0 Å². The van der Waals surface area contributed by atoms with Crippen LogP contribution in [-0.2, 0) is 11.5 Å². The normalized spacial score (nSPS) is 10.7. The molecule has 0 atom stereocenters. The summed E-state index contributed by atoms with van der Waals surface area (Å²) in [4.78, 5) is 27.7. The third-order valence-corrected chi connectivity index (χ3v) is 3.64. The molecule has 2 aromatic carbocycles. The number of rotatable bonds is 4. The molecule has 0 unspecified atom stereocenters. The van der Waals surface area contributed by atoms with Crippen LogP contribution in [0.15, 0.2) is 47.3 Å². The van der Waals surface area contributed by atoms with Crippen molar-refractivity contribution in [1.82, 2.24) is 9.55 Å². The maximum absolute atomic E-state index is 13.4. The smallest absolute Gasteiger partial charge is 0.266 e. The molecule has 0 saturated carbocycles. The lowest BCUT2D eigenvalue weighted by atomic mass is 10.1. The average Bonchev–Trinajstić information content (AvgIpc) is 2.56. The van der Waals surface area contributed by atoms with Crippen LogP contribution in [0.2, 0.25) is 0 Å². The van der Waals surface area contributed by atoms with Gasteiger partial charge in [0.1, 0.15) is 12.5 Å². The Bertz CT molecular complexity index is 950. The largest absolute Gasteiger partial charge is 0.329 e. The Morgan fingerprint density at radius 1 is 1.26 bits per heavy atom. The average molecular weight is 311 g/mol. The molecular formula is C17H14FN3O2. The summed E-state index contributed by atoms with van der Waals surface area (Å²) in [7, 11) is 0. The van der Waals surface area contributed by atoms with Gasteiger partial charge >= 0.3 is 0 Å². The summed E-state index contributed by atoms with van der Waals surface area (Å²) in [6, 6.07) is 12.0. The summed E-state index contributed by atoms with van der Waals surface area (Å²) in [5.74, 6) is 0.0490. The minimum absolute atomic E-state index is 0.0490. The number of nitrogens with zero attached hydrogens (tertiary/aromatic N) is 2. The number of anilines is 1. The molecule has 0 aliphatic heterocycles. The van der Waals surface area contributed by atoms with Crippen LogP contribution in [-0.4, -0.2) is 16.0 Å². The van der Waals surface area contributed by atoms with Gasteiger partial charge in [0.2, 0.25) is 6.41 Å². The third kappa shape index (κ3) is 2.59. The van der Waals surface area contributed by atoms with Gasteiger partial charge in [0.15, 0.2) is 0 Å².